The fourth-order valence-corrected chi connectivity index (χ4v) is 9.56. The summed E-state index contributed by atoms with van der Waals surface area (Å²) in [6.07, 6.45) is 3.47. The molecule has 318 valence electrons. The number of rotatable bonds is 18. The molecule has 7 aromatic rings. The number of benzene rings is 4. The van der Waals surface area contributed by atoms with Gasteiger partial charge >= 0.3 is 5.97 Å². The van der Waals surface area contributed by atoms with Gasteiger partial charge in [0.05, 0.1) is 54.6 Å². The maximum absolute atomic E-state index is 13.8. The highest BCUT2D eigenvalue weighted by molar-refractivity contribution is 7.98. The van der Waals surface area contributed by atoms with Gasteiger partial charge < -0.3 is 23.9 Å². The largest absolute Gasteiger partial charge is 0.497 e. The van der Waals surface area contributed by atoms with Crippen LogP contribution in [-0.2, 0) is 57.7 Å². The van der Waals surface area contributed by atoms with Gasteiger partial charge in [0.25, 0.3) is 0 Å². The molecule has 1 saturated carbocycles. The van der Waals surface area contributed by atoms with Crippen molar-refractivity contribution in [3.63, 3.8) is 0 Å². The fourth-order valence-electron chi connectivity index (χ4n) is 8.39. The number of esters is 1. The van der Waals surface area contributed by atoms with Crippen LogP contribution >= 0.6 is 23.4 Å². The van der Waals surface area contributed by atoms with Gasteiger partial charge in [-0.05, 0) is 92.4 Å². The molecule has 0 aliphatic heterocycles. The zero-order valence-electron chi connectivity index (χ0n) is 35.7. The molecule has 0 bridgehead atoms. The molecule has 3 heterocycles. The van der Waals surface area contributed by atoms with Gasteiger partial charge in [0, 0.05) is 78.5 Å². The molecule has 11 nitrogen and oxygen atoms in total. The van der Waals surface area contributed by atoms with Gasteiger partial charge in [0.2, 0.25) is 0 Å². The number of hydrogen-bond acceptors (Lipinski definition) is 9. The normalized spacial score (nSPS) is 12.9. The molecule has 0 unspecified atom stereocenters. The number of methoxy groups -OCH3 is 1. The second kappa shape index (κ2) is 18.4. The summed E-state index contributed by atoms with van der Waals surface area (Å²) in [7, 11) is 7.43. The molecule has 0 spiro atoms. The summed E-state index contributed by atoms with van der Waals surface area (Å²) in [5, 5.41) is 23.3. The summed E-state index contributed by atoms with van der Waals surface area (Å²) in [6, 6.07) is 27.2. The minimum atomic E-state index is -0.368. The number of nitrogens with zero attached hydrogens (tertiary/aromatic N) is 6. The van der Waals surface area contributed by atoms with Crippen molar-refractivity contribution in [2.45, 2.75) is 75.9 Å². The molecule has 1 aliphatic carbocycles. The summed E-state index contributed by atoms with van der Waals surface area (Å²) < 4.78 is 23.2. The van der Waals surface area contributed by atoms with E-state index in [4.69, 9.17) is 30.9 Å². The lowest BCUT2D eigenvalue weighted by atomic mass is 9.97. The summed E-state index contributed by atoms with van der Waals surface area (Å²) >= 11 is 9.00. The lowest BCUT2D eigenvalue weighted by Crippen LogP contribution is -2.26. The van der Waals surface area contributed by atoms with Crippen LogP contribution in [0.2, 0.25) is 5.02 Å². The van der Waals surface area contributed by atoms with E-state index in [9.17, 15) is 9.90 Å². The molecule has 0 saturated heterocycles. The highest BCUT2D eigenvalue weighted by Crippen LogP contribution is 2.43. The topological polar surface area (TPSA) is 109 Å². The predicted octanol–water partition coefficient (Wildman–Crippen LogP) is 9.57. The van der Waals surface area contributed by atoms with Crippen LogP contribution in [0, 0.1) is 6.92 Å². The highest BCUT2D eigenvalue weighted by atomic mass is 35.5. The number of fused-ring (bicyclic) bond motifs is 2. The average Bonchev–Trinajstić information content (AvgIpc) is 3.92. The van der Waals surface area contributed by atoms with Crippen molar-refractivity contribution in [2.24, 2.45) is 21.1 Å². The maximum Gasteiger partial charge on any atom is 0.355 e. The quantitative estimate of drug-likeness (QED) is 0.0513. The highest BCUT2D eigenvalue weighted by Gasteiger charge is 2.33. The summed E-state index contributed by atoms with van der Waals surface area (Å²) in [6.45, 7) is 5.78. The van der Waals surface area contributed by atoms with Crippen molar-refractivity contribution >= 4 is 51.0 Å². The van der Waals surface area contributed by atoms with E-state index >= 15 is 0 Å². The van der Waals surface area contributed by atoms with Gasteiger partial charge in [-0.15, -0.1) is 11.8 Å². The van der Waals surface area contributed by atoms with E-state index in [1.807, 2.05) is 73.7 Å². The Labute approximate surface area is 366 Å². The molecule has 0 radical (unpaired) electrons. The number of aliphatic hydroxyl groups excluding tert-OH is 1. The summed E-state index contributed by atoms with van der Waals surface area (Å²) in [4.78, 5) is 17.4. The molecule has 3 aromatic heterocycles. The molecule has 1 aliphatic rings. The zero-order chi connectivity index (χ0) is 42.8. The number of aromatic nitrogens is 5. The smallest absolute Gasteiger partial charge is 0.355 e. The van der Waals surface area contributed by atoms with Crippen molar-refractivity contribution in [3.8, 4) is 22.6 Å². The van der Waals surface area contributed by atoms with E-state index in [0.29, 0.717) is 49.3 Å². The Morgan fingerprint density at radius 1 is 0.951 bits per heavy atom. The number of carbonyl (C=O) groups excluding carboxylic acids is 1. The third-order valence-electron chi connectivity index (χ3n) is 11.7. The first-order valence-corrected chi connectivity index (χ1v) is 22.2. The number of carbonyl (C=O) groups is 1. The third kappa shape index (κ3) is 8.90. The van der Waals surface area contributed by atoms with Crippen LogP contribution in [0.25, 0.3) is 32.8 Å². The Kier molecular flexibility index (Phi) is 12.8. The van der Waals surface area contributed by atoms with Crippen molar-refractivity contribution < 1.29 is 24.1 Å². The standard InChI is InChI=1S/C48H53ClN6O5S/c1-7-59-48(57)47-39(13-10-22-60-43-25-37(23-32-11-8-9-12-38(32)43)61-29-31-14-18-36(58-6)19-15-31)40-20-21-41(49)45(46(40)52(47)3)44-30(2)53(4)51-42(44)27-55(34-16-17-34)26-33-24-35(28-56)54(5)50-33/h8-9,11-12,14-15,18-21,23-25,34,56H,7,10,13,16-17,22,26-29H2,1-6H3. The van der Waals surface area contributed by atoms with E-state index in [2.05, 4.69) is 59.4 Å². The van der Waals surface area contributed by atoms with E-state index in [1.165, 1.54) is 5.56 Å². The number of aliphatic hydroxyl groups is 1. The molecule has 1 fully saturated rings. The lowest BCUT2D eigenvalue weighted by molar-refractivity contribution is 0.0514. The molecule has 61 heavy (non-hydrogen) atoms. The van der Waals surface area contributed by atoms with Gasteiger partial charge in [0.1, 0.15) is 17.2 Å². The van der Waals surface area contributed by atoms with Gasteiger partial charge in [-0.3, -0.25) is 14.3 Å². The Morgan fingerprint density at radius 3 is 2.46 bits per heavy atom. The first-order valence-electron chi connectivity index (χ1n) is 20.9. The van der Waals surface area contributed by atoms with E-state index in [-0.39, 0.29) is 19.2 Å². The van der Waals surface area contributed by atoms with Gasteiger partial charge in [-0.1, -0.05) is 54.1 Å². The Bertz CT molecular complexity index is 2700. The summed E-state index contributed by atoms with van der Waals surface area (Å²) in [5.41, 5.74) is 8.89. The molecule has 1 N–H and O–H groups in total. The van der Waals surface area contributed by atoms with E-state index in [1.54, 1.807) is 23.6 Å². The maximum atomic E-state index is 13.8. The second-order valence-electron chi connectivity index (χ2n) is 15.7. The SMILES string of the molecule is CCOC(=O)c1c(CCCOc2cc(SCc3ccc(OC)cc3)cc3ccccc23)c2ccc(Cl)c(-c3c(CN(Cc4cc(CO)n(C)n4)C4CC4)nn(C)c3C)c2n1C. The number of hydrogen-bond donors (Lipinski definition) is 1. The van der Waals surface area contributed by atoms with Crippen LogP contribution in [0.5, 0.6) is 11.5 Å². The Morgan fingerprint density at radius 2 is 1.74 bits per heavy atom. The average molecular weight is 862 g/mol. The van der Waals surface area contributed by atoms with Gasteiger partial charge in [-0.2, -0.15) is 10.2 Å². The first-order chi connectivity index (χ1) is 29.6. The first kappa shape index (κ1) is 42.4. The van der Waals surface area contributed by atoms with Crippen LogP contribution in [0.1, 0.15) is 70.6 Å². The number of thioether (sulfide) groups is 1. The number of aryl methyl sites for hydroxylation is 4. The number of ether oxygens (including phenoxy) is 3. The third-order valence-corrected chi connectivity index (χ3v) is 13.1. The van der Waals surface area contributed by atoms with Crippen molar-refractivity contribution in [1.29, 1.82) is 0 Å². The molecule has 4 aromatic carbocycles. The lowest BCUT2D eigenvalue weighted by Gasteiger charge is -2.21. The summed E-state index contributed by atoms with van der Waals surface area (Å²) in [5.74, 6) is 2.14. The van der Waals surface area contributed by atoms with Crippen LogP contribution in [0.3, 0.4) is 0 Å². The second-order valence-corrected chi connectivity index (χ2v) is 17.2. The Hall–Kier alpha value is -5.27. The van der Waals surface area contributed by atoms with Crippen molar-refractivity contribution in [1.82, 2.24) is 29.0 Å². The minimum absolute atomic E-state index is 0.0601. The monoisotopic (exact) mass is 860 g/mol. The molecule has 8 rings (SSSR count). The molecular weight excluding hydrogens is 808 g/mol. The molecule has 0 amide bonds. The van der Waals surface area contributed by atoms with Crippen LogP contribution < -0.4 is 9.47 Å². The van der Waals surface area contributed by atoms with Crippen LogP contribution in [0.15, 0.2) is 83.8 Å². The molecule has 13 heteroatoms. The molecule has 0 atom stereocenters. The van der Waals surface area contributed by atoms with E-state index < -0.39 is 0 Å². The van der Waals surface area contributed by atoms with Gasteiger partial charge in [-0.25, -0.2) is 4.79 Å². The molecular formula is C48H53ClN6O5S. The van der Waals surface area contributed by atoms with Gasteiger partial charge in [0.15, 0.2) is 0 Å². The van der Waals surface area contributed by atoms with Crippen LogP contribution in [0.4, 0.5) is 0 Å². The zero-order valence-corrected chi connectivity index (χ0v) is 37.3. The van der Waals surface area contributed by atoms with E-state index in [0.717, 1.165) is 96.1 Å². The minimum Gasteiger partial charge on any atom is -0.497 e. The number of halogens is 1. The van der Waals surface area contributed by atoms with Crippen molar-refractivity contribution in [2.75, 3.05) is 20.3 Å². The fraction of sp³-hybridized carbons (Fsp3) is 0.354. The predicted molar refractivity (Wildman–Crippen MR) is 243 cm³/mol. The van der Waals surface area contributed by atoms with Crippen molar-refractivity contribution in [3.05, 3.63) is 123 Å². The Balaban J connectivity index is 1.08. The van der Waals surface area contributed by atoms with Crippen LogP contribution in [-0.4, -0.2) is 66.5 Å².